The Morgan fingerprint density at radius 1 is 1.89 bits per heavy atom. The molecule has 50 valence electrons. The van der Waals surface area contributed by atoms with E-state index < -0.39 is 0 Å². The van der Waals surface area contributed by atoms with E-state index in [1.165, 1.54) is 0 Å². The molecule has 1 heterocycles. The monoisotopic (exact) mass is 146 g/mol. The van der Waals surface area contributed by atoms with Crippen LogP contribution in [0.5, 0.6) is 0 Å². The van der Waals surface area contributed by atoms with Crippen molar-refractivity contribution in [2.45, 2.75) is 0 Å². The summed E-state index contributed by atoms with van der Waals surface area (Å²) < 4.78 is 0. The fourth-order valence-electron chi connectivity index (χ4n) is 0.435. The maximum absolute atomic E-state index is 5.12. The van der Waals surface area contributed by atoms with Crippen LogP contribution in [0.3, 0.4) is 0 Å². The number of hydrogen-bond donors (Lipinski definition) is 2. The van der Waals surface area contributed by atoms with Crippen molar-refractivity contribution in [3.8, 4) is 0 Å². The van der Waals surface area contributed by atoms with Gasteiger partial charge in [0, 0.05) is 6.08 Å². The molecule has 4 nitrogen and oxygen atoms in total. The van der Waals surface area contributed by atoms with Gasteiger partial charge in [-0.25, -0.2) is 0 Å². The first kappa shape index (κ1) is 6.31. The molecule has 0 aromatic heterocycles. The Hall–Kier alpha value is -0.810. The summed E-state index contributed by atoms with van der Waals surface area (Å²) in [4.78, 5) is 9.03. The summed E-state index contributed by atoms with van der Waals surface area (Å²) in [6, 6.07) is 0. The fraction of sp³-hybridized carbons (Fsp3) is 0.250. The Balaban J connectivity index is 2.35. The molecule has 0 fully saturated rings. The molecular formula is C4H6N2O2S. The van der Waals surface area contributed by atoms with Gasteiger partial charge in [0.2, 0.25) is 5.88 Å². The molecule has 1 rings (SSSR count). The maximum atomic E-state index is 5.12. The summed E-state index contributed by atoms with van der Waals surface area (Å²) in [7, 11) is 0. The lowest BCUT2D eigenvalue weighted by Crippen LogP contribution is -2.28. The second kappa shape index (κ2) is 2.65. The standard InChI is InChI=1S/C4H6N2O2S/c5-4(9)6-3-1-2-7-8-3/h1H,2H2,(H3,5,6,9). The Morgan fingerprint density at radius 3 is 3.11 bits per heavy atom. The Kier molecular flexibility index (Phi) is 1.86. The van der Waals surface area contributed by atoms with Crippen molar-refractivity contribution < 1.29 is 9.78 Å². The fourth-order valence-corrected chi connectivity index (χ4v) is 0.535. The second-order valence-electron chi connectivity index (χ2n) is 1.43. The van der Waals surface area contributed by atoms with E-state index >= 15 is 0 Å². The van der Waals surface area contributed by atoms with Crippen LogP contribution in [-0.4, -0.2) is 11.7 Å². The molecule has 0 bridgehead atoms. The van der Waals surface area contributed by atoms with Crippen LogP contribution in [-0.2, 0) is 9.78 Å². The van der Waals surface area contributed by atoms with E-state index in [0.717, 1.165) is 0 Å². The highest BCUT2D eigenvalue weighted by molar-refractivity contribution is 7.80. The van der Waals surface area contributed by atoms with E-state index in [2.05, 4.69) is 27.3 Å². The molecule has 0 aromatic carbocycles. The summed E-state index contributed by atoms with van der Waals surface area (Å²) in [6.45, 7) is 0.435. The zero-order valence-corrected chi connectivity index (χ0v) is 5.40. The highest BCUT2D eigenvalue weighted by atomic mass is 32.1. The summed E-state index contributed by atoms with van der Waals surface area (Å²) in [5.74, 6) is 0.461. The molecule has 0 saturated heterocycles. The minimum absolute atomic E-state index is 0.173. The highest BCUT2D eigenvalue weighted by Crippen LogP contribution is 2.00. The van der Waals surface area contributed by atoms with Gasteiger partial charge < -0.3 is 15.9 Å². The van der Waals surface area contributed by atoms with Crippen LogP contribution in [0.15, 0.2) is 12.0 Å². The molecule has 5 heteroatoms. The van der Waals surface area contributed by atoms with Crippen LogP contribution in [0, 0.1) is 0 Å². The van der Waals surface area contributed by atoms with Crippen LogP contribution in [0.2, 0.25) is 0 Å². The van der Waals surface area contributed by atoms with Gasteiger partial charge in [-0.15, -0.1) is 0 Å². The van der Waals surface area contributed by atoms with Crippen molar-refractivity contribution in [1.82, 2.24) is 5.32 Å². The minimum atomic E-state index is 0.173. The largest absolute Gasteiger partial charge is 0.376 e. The van der Waals surface area contributed by atoms with Gasteiger partial charge in [0.05, 0.1) is 0 Å². The van der Waals surface area contributed by atoms with Gasteiger partial charge in [-0.1, -0.05) is 0 Å². The molecule has 0 aliphatic carbocycles. The predicted octanol–water partition coefficient (Wildman–Crippen LogP) is -0.377. The van der Waals surface area contributed by atoms with Crippen LogP contribution in [0.1, 0.15) is 0 Å². The third kappa shape index (κ3) is 1.87. The summed E-state index contributed by atoms with van der Waals surface area (Å²) in [5, 5.41) is 2.74. The maximum Gasteiger partial charge on any atom is 0.235 e. The number of hydrogen-bond acceptors (Lipinski definition) is 3. The highest BCUT2D eigenvalue weighted by Gasteiger charge is 2.05. The van der Waals surface area contributed by atoms with E-state index in [-0.39, 0.29) is 5.11 Å². The van der Waals surface area contributed by atoms with Crippen LogP contribution < -0.4 is 11.1 Å². The zero-order chi connectivity index (χ0) is 6.69. The predicted molar refractivity (Wildman–Crippen MR) is 35.0 cm³/mol. The molecule has 1 aliphatic rings. The quantitative estimate of drug-likeness (QED) is 0.390. The first-order valence-electron chi connectivity index (χ1n) is 2.35. The topological polar surface area (TPSA) is 56.5 Å². The lowest BCUT2D eigenvalue weighted by molar-refractivity contribution is -0.236. The number of thiocarbonyl (C=S) groups is 1. The molecule has 9 heavy (non-hydrogen) atoms. The van der Waals surface area contributed by atoms with E-state index in [1.807, 2.05) is 0 Å². The summed E-state index contributed by atoms with van der Waals surface area (Å²) in [5.41, 5.74) is 5.12. The Bertz CT molecular complexity index is 157. The molecule has 0 amide bonds. The van der Waals surface area contributed by atoms with Gasteiger partial charge >= 0.3 is 0 Å². The average molecular weight is 146 g/mol. The van der Waals surface area contributed by atoms with E-state index in [4.69, 9.17) is 5.73 Å². The van der Waals surface area contributed by atoms with Gasteiger partial charge in [0.1, 0.15) is 6.61 Å². The molecule has 1 aliphatic heterocycles. The zero-order valence-electron chi connectivity index (χ0n) is 4.59. The molecule has 0 atom stereocenters. The van der Waals surface area contributed by atoms with Crippen LogP contribution in [0.4, 0.5) is 0 Å². The Morgan fingerprint density at radius 2 is 2.67 bits per heavy atom. The van der Waals surface area contributed by atoms with Gasteiger partial charge in [0.25, 0.3) is 0 Å². The first-order valence-corrected chi connectivity index (χ1v) is 2.76. The lowest BCUT2D eigenvalue weighted by atomic mass is 10.6. The number of nitrogens with two attached hydrogens (primary N) is 1. The summed E-state index contributed by atoms with van der Waals surface area (Å²) in [6.07, 6.45) is 1.69. The molecule has 3 N–H and O–H groups in total. The van der Waals surface area contributed by atoms with E-state index in [0.29, 0.717) is 12.5 Å². The third-order valence-corrected chi connectivity index (χ3v) is 0.834. The normalized spacial score (nSPS) is 16.2. The van der Waals surface area contributed by atoms with E-state index in [9.17, 15) is 0 Å². The molecule has 0 saturated carbocycles. The van der Waals surface area contributed by atoms with Crippen molar-refractivity contribution in [2.75, 3.05) is 6.61 Å². The first-order chi connectivity index (χ1) is 4.29. The van der Waals surface area contributed by atoms with Crippen molar-refractivity contribution in [2.24, 2.45) is 5.73 Å². The van der Waals surface area contributed by atoms with Crippen LogP contribution in [0.25, 0.3) is 0 Å². The average Bonchev–Trinajstić information content (AvgIpc) is 2.15. The van der Waals surface area contributed by atoms with Gasteiger partial charge in [-0.3, -0.25) is 0 Å². The van der Waals surface area contributed by atoms with Crippen molar-refractivity contribution in [3.63, 3.8) is 0 Å². The molecule has 0 spiro atoms. The SMILES string of the molecule is NC(=S)NC1=CCOO1. The summed E-state index contributed by atoms with van der Waals surface area (Å²) >= 11 is 4.52. The van der Waals surface area contributed by atoms with Gasteiger partial charge in [-0.2, -0.15) is 4.89 Å². The van der Waals surface area contributed by atoms with Crippen molar-refractivity contribution in [3.05, 3.63) is 12.0 Å². The molecular weight excluding hydrogens is 140 g/mol. The Labute approximate surface area is 57.5 Å². The third-order valence-electron chi connectivity index (χ3n) is 0.732. The van der Waals surface area contributed by atoms with Crippen molar-refractivity contribution >= 4 is 17.3 Å². The van der Waals surface area contributed by atoms with Crippen LogP contribution >= 0.6 is 12.2 Å². The van der Waals surface area contributed by atoms with Gasteiger partial charge in [0.15, 0.2) is 5.11 Å². The lowest BCUT2D eigenvalue weighted by Gasteiger charge is -2.00. The second-order valence-corrected chi connectivity index (χ2v) is 1.87. The smallest absolute Gasteiger partial charge is 0.235 e. The molecule has 0 aromatic rings. The molecule has 0 radical (unpaired) electrons. The van der Waals surface area contributed by atoms with Crippen molar-refractivity contribution in [1.29, 1.82) is 0 Å². The number of nitrogens with one attached hydrogen (secondary N) is 1. The molecule has 0 unspecified atom stereocenters. The van der Waals surface area contributed by atoms with Gasteiger partial charge in [-0.05, 0) is 12.2 Å². The number of rotatable bonds is 1. The minimum Gasteiger partial charge on any atom is -0.376 e. The van der Waals surface area contributed by atoms with E-state index in [1.54, 1.807) is 6.08 Å².